The highest BCUT2D eigenvalue weighted by Gasteiger charge is 2.55. The molecule has 0 unspecified atom stereocenters. The van der Waals surface area contributed by atoms with Gasteiger partial charge in [-0.1, -0.05) is 0 Å². The molecule has 0 saturated carbocycles. The molecule has 0 amide bonds. The van der Waals surface area contributed by atoms with E-state index in [0.29, 0.717) is 6.07 Å². The third-order valence-electron chi connectivity index (χ3n) is 3.92. The second kappa shape index (κ2) is 6.57. The van der Waals surface area contributed by atoms with E-state index in [4.69, 9.17) is 5.73 Å². The number of aromatic nitrogens is 1. The lowest BCUT2D eigenvalue weighted by Crippen LogP contribution is -2.49. The molecule has 2 aromatic rings. The van der Waals surface area contributed by atoms with Gasteiger partial charge in [0, 0.05) is 17.7 Å². The second-order valence-electron chi connectivity index (χ2n) is 6.35. The molecule has 1 aromatic heterocycles. The standard InChI is InChI=1S/C17H17F5N2O2/c1-15(2,25)11-7-12(16(26,8-23)17(20,21)22)24-14(13(11)19)9-3-5-10(18)6-4-9/h3-7,25-26H,8,23H2,1-2H3/t16-/m0/s1. The molecule has 0 radical (unpaired) electrons. The van der Waals surface area contributed by atoms with E-state index in [2.05, 4.69) is 4.98 Å². The molecule has 4 nitrogen and oxygen atoms in total. The average Bonchev–Trinajstić information content (AvgIpc) is 2.53. The van der Waals surface area contributed by atoms with Crippen LogP contribution in [0.4, 0.5) is 22.0 Å². The molecule has 1 heterocycles. The van der Waals surface area contributed by atoms with Crippen LogP contribution in [-0.2, 0) is 11.2 Å². The Bertz CT molecular complexity index is 801. The summed E-state index contributed by atoms with van der Waals surface area (Å²) >= 11 is 0. The first-order chi connectivity index (χ1) is 11.8. The lowest BCUT2D eigenvalue weighted by atomic mass is 9.90. The Morgan fingerprint density at radius 2 is 1.58 bits per heavy atom. The van der Waals surface area contributed by atoms with Crippen molar-refractivity contribution in [3.05, 3.63) is 53.2 Å². The fraction of sp³-hybridized carbons (Fsp3) is 0.353. The predicted octanol–water partition coefficient (Wildman–Crippen LogP) is 2.96. The first-order valence-corrected chi connectivity index (χ1v) is 7.50. The fourth-order valence-corrected chi connectivity index (χ4v) is 2.35. The van der Waals surface area contributed by atoms with Gasteiger partial charge in [0.1, 0.15) is 11.5 Å². The summed E-state index contributed by atoms with van der Waals surface area (Å²) in [4.78, 5) is 3.60. The van der Waals surface area contributed by atoms with Crippen molar-refractivity contribution in [2.75, 3.05) is 6.54 Å². The van der Waals surface area contributed by atoms with Crippen LogP contribution in [0.3, 0.4) is 0 Å². The lowest BCUT2D eigenvalue weighted by Gasteiger charge is -2.30. The van der Waals surface area contributed by atoms with Gasteiger partial charge in [-0.2, -0.15) is 13.2 Å². The molecule has 0 bridgehead atoms. The zero-order valence-electron chi connectivity index (χ0n) is 13.9. The van der Waals surface area contributed by atoms with Crippen molar-refractivity contribution in [1.29, 1.82) is 0 Å². The van der Waals surface area contributed by atoms with Crippen LogP contribution < -0.4 is 5.73 Å². The SMILES string of the molecule is CC(C)(O)c1cc([C@@](O)(CN)C(F)(F)F)nc(-c2ccc(F)cc2)c1F. The van der Waals surface area contributed by atoms with Gasteiger partial charge < -0.3 is 15.9 Å². The molecule has 26 heavy (non-hydrogen) atoms. The van der Waals surface area contributed by atoms with E-state index in [1.165, 1.54) is 13.8 Å². The van der Waals surface area contributed by atoms with Gasteiger partial charge in [0.05, 0.1) is 11.3 Å². The number of alkyl halides is 3. The zero-order chi connectivity index (χ0) is 19.9. The summed E-state index contributed by atoms with van der Waals surface area (Å²) in [6, 6.07) is 4.82. The van der Waals surface area contributed by atoms with Crippen LogP contribution in [0.5, 0.6) is 0 Å². The molecule has 142 valence electrons. The van der Waals surface area contributed by atoms with Crippen molar-refractivity contribution in [2.24, 2.45) is 5.73 Å². The van der Waals surface area contributed by atoms with Crippen LogP contribution in [0.25, 0.3) is 11.3 Å². The van der Waals surface area contributed by atoms with Gasteiger partial charge in [0.2, 0.25) is 5.60 Å². The number of nitrogens with zero attached hydrogens (tertiary/aromatic N) is 1. The number of halogens is 5. The Kier molecular flexibility index (Phi) is 5.10. The van der Waals surface area contributed by atoms with Crippen molar-refractivity contribution >= 4 is 0 Å². The largest absolute Gasteiger partial charge is 0.424 e. The molecule has 0 spiro atoms. The molecule has 0 fully saturated rings. The maximum absolute atomic E-state index is 14.8. The van der Waals surface area contributed by atoms with Gasteiger partial charge in [-0.3, -0.25) is 0 Å². The van der Waals surface area contributed by atoms with E-state index in [0.717, 1.165) is 24.3 Å². The van der Waals surface area contributed by atoms with Crippen molar-refractivity contribution in [2.45, 2.75) is 31.2 Å². The number of rotatable bonds is 4. The maximum atomic E-state index is 14.8. The Balaban J connectivity index is 2.83. The van der Waals surface area contributed by atoms with E-state index in [-0.39, 0.29) is 5.56 Å². The molecule has 4 N–H and O–H groups in total. The van der Waals surface area contributed by atoms with Crippen molar-refractivity contribution in [3.63, 3.8) is 0 Å². The minimum Gasteiger partial charge on any atom is -0.386 e. The van der Waals surface area contributed by atoms with Gasteiger partial charge in [0.25, 0.3) is 0 Å². The lowest BCUT2D eigenvalue weighted by molar-refractivity contribution is -0.263. The third-order valence-corrected chi connectivity index (χ3v) is 3.92. The van der Waals surface area contributed by atoms with Gasteiger partial charge in [-0.15, -0.1) is 0 Å². The number of pyridine rings is 1. The zero-order valence-corrected chi connectivity index (χ0v) is 13.9. The average molecular weight is 376 g/mol. The molecule has 2 rings (SSSR count). The molecule has 9 heteroatoms. The van der Waals surface area contributed by atoms with Crippen molar-refractivity contribution in [3.8, 4) is 11.3 Å². The topological polar surface area (TPSA) is 79.4 Å². The summed E-state index contributed by atoms with van der Waals surface area (Å²) in [5, 5.41) is 20.2. The molecular weight excluding hydrogens is 359 g/mol. The van der Waals surface area contributed by atoms with Crippen LogP contribution in [0, 0.1) is 11.6 Å². The smallest absolute Gasteiger partial charge is 0.386 e. The second-order valence-corrected chi connectivity index (χ2v) is 6.35. The molecule has 0 aliphatic carbocycles. The molecule has 1 aromatic carbocycles. The fourth-order valence-electron chi connectivity index (χ4n) is 2.35. The predicted molar refractivity (Wildman–Crippen MR) is 83.8 cm³/mol. The van der Waals surface area contributed by atoms with E-state index in [9.17, 15) is 32.2 Å². The van der Waals surface area contributed by atoms with Crippen LogP contribution in [0.2, 0.25) is 0 Å². The minimum absolute atomic E-state index is 0.0298. The first-order valence-electron chi connectivity index (χ1n) is 7.50. The Hall–Kier alpha value is -2.10. The summed E-state index contributed by atoms with van der Waals surface area (Å²) in [5.41, 5.74) is -2.39. The summed E-state index contributed by atoms with van der Waals surface area (Å²) < 4.78 is 67.9. The minimum atomic E-state index is -5.19. The van der Waals surface area contributed by atoms with Gasteiger partial charge >= 0.3 is 6.18 Å². The van der Waals surface area contributed by atoms with E-state index < -0.39 is 52.5 Å². The summed E-state index contributed by atoms with van der Waals surface area (Å²) in [7, 11) is 0. The van der Waals surface area contributed by atoms with E-state index in [1.54, 1.807) is 0 Å². The highest BCUT2D eigenvalue weighted by Crippen LogP contribution is 2.40. The number of benzene rings is 1. The summed E-state index contributed by atoms with van der Waals surface area (Å²) in [6.45, 7) is 1.07. The van der Waals surface area contributed by atoms with Crippen LogP contribution in [0.1, 0.15) is 25.1 Å². The third kappa shape index (κ3) is 3.55. The van der Waals surface area contributed by atoms with E-state index in [1.807, 2.05) is 0 Å². The Labute approximate surface area is 146 Å². The number of nitrogens with two attached hydrogens (primary N) is 1. The van der Waals surface area contributed by atoms with Gasteiger partial charge in [0.15, 0.2) is 5.82 Å². The van der Waals surface area contributed by atoms with E-state index >= 15 is 0 Å². The Morgan fingerprint density at radius 1 is 1.04 bits per heavy atom. The van der Waals surface area contributed by atoms with Gasteiger partial charge in [-0.25, -0.2) is 13.8 Å². The maximum Gasteiger partial charge on any atom is 0.424 e. The first kappa shape index (κ1) is 20.2. The monoisotopic (exact) mass is 376 g/mol. The van der Waals surface area contributed by atoms with Crippen molar-refractivity contribution in [1.82, 2.24) is 4.98 Å². The Morgan fingerprint density at radius 3 is 2.00 bits per heavy atom. The molecule has 0 aliphatic rings. The molecule has 0 aliphatic heterocycles. The molecule has 0 saturated heterocycles. The molecule has 1 atom stereocenters. The normalized spacial score (nSPS) is 15.0. The van der Waals surface area contributed by atoms with Crippen molar-refractivity contribution < 1.29 is 32.2 Å². The van der Waals surface area contributed by atoms with Crippen LogP contribution in [0.15, 0.2) is 30.3 Å². The summed E-state index contributed by atoms with van der Waals surface area (Å²) in [5.74, 6) is -1.73. The quantitative estimate of drug-likeness (QED) is 0.717. The summed E-state index contributed by atoms with van der Waals surface area (Å²) in [6.07, 6.45) is -5.19. The number of hydrogen-bond acceptors (Lipinski definition) is 4. The molecular formula is C17H17F5N2O2. The highest BCUT2D eigenvalue weighted by molar-refractivity contribution is 5.62. The van der Waals surface area contributed by atoms with Crippen LogP contribution in [-0.4, -0.2) is 27.9 Å². The van der Waals surface area contributed by atoms with Crippen LogP contribution >= 0.6 is 0 Å². The van der Waals surface area contributed by atoms with Gasteiger partial charge in [-0.05, 0) is 44.2 Å². The number of hydrogen-bond donors (Lipinski definition) is 3. The number of aliphatic hydroxyl groups is 2. The highest BCUT2D eigenvalue weighted by atomic mass is 19.4.